The second-order valence-electron chi connectivity index (χ2n) is 6.34. The van der Waals surface area contributed by atoms with Gasteiger partial charge in [0, 0.05) is 37.5 Å². The summed E-state index contributed by atoms with van der Waals surface area (Å²) in [6.45, 7) is 2.80. The van der Waals surface area contributed by atoms with Crippen LogP contribution in [0.15, 0.2) is 47.5 Å². The van der Waals surface area contributed by atoms with Crippen LogP contribution in [0.5, 0.6) is 0 Å². The predicted molar refractivity (Wildman–Crippen MR) is 96.5 cm³/mol. The number of rotatable bonds is 2. The Morgan fingerprint density at radius 3 is 2.77 bits per heavy atom. The van der Waals surface area contributed by atoms with Gasteiger partial charge >= 0.3 is 0 Å². The molecule has 26 heavy (non-hydrogen) atoms. The summed E-state index contributed by atoms with van der Waals surface area (Å²) in [6, 6.07) is 9.25. The third-order valence-electron chi connectivity index (χ3n) is 4.64. The molecule has 7 heteroatoms. The van der Waals surface area contributed by atoms with Crippen LogP contribution in [0.4, 0.5) is 0 Å². The molecule has 0 saturated heterocycles. The van der Waals surface area contributed by atoms with Crippen LogP contribution >= 0.6 is 0 Å². The lowest BCUT2D eigenvalue weighted by atomic mass is 10.1. The summed E-state index contributed by atoms with van der Waals surface area (Å²) in [4.78, 5) is 34.3. The standard InChI is InChI=1S/C19H19N5O2/c1-13-21-16-8-12-23(11-7-14(16)18(25)22-13)19(26)15-5-2-3-6-17(15)24-10-4-9-20-24/h2-6,9-10H,7-8,11-12H2,1H3,(H,21,22,25). The maximum absolute atomic E-state index is 13.1. The number of hydrogen-bond donors (Lipinski definition) is 1. The molecule has 0 radical (unpaired) electrons. The summed E-state index contributed by atoms with van der Waals surface area (Å²) in [5.41, 5.74) is 2.73. The molecule has 0 atom stereocenters. The smallest absolute Gasteiger partial charge is 0.256 e. The van der Waals surface area contributed by atoms with E-state index in [-0.39, 0.29) is 11.5 Å². The van der Waals surface area contributed by atoms with Gasteiger partial charge in [0.2, 0.25) is 0 Å². The number of nitrogens with one attached hydrogen (secondary N) is 1. The van der Waals surface area contributed by atoms with Crippen molar-refractivity contribution >= 4 is 5.91 Å². The quantitative estimate of drug-likeness (QED) is 0.760. The van der Waals surface area contributed by atoms with Crippen LogP contribution in [0, 0.1) is 6.92 Å². The van der Waals surface area contributed by atoms with Crippen molar-refractivity contribution in [2.45, 2.75) is 19.8 Å². The summed E-state index contributed by atoms with van der Waals surface area (Å²) in [5.74, 6) is 0.551. The summed E-state index contributed by atoms with van der Waals surface area (Å²) >= 11 is 0. The van der Waals surface area contributed by atoms with Crippen molar-refractivity contribution in [3.63, 3.8) is 0 Å². The van der Waals surface area contributed by atoms with E-state index in [4.69, 9.17) is 0 Å². The first-order valence-corrected chi connectivity index (χ1v) is 8.60. The number of H-pyrrole nitrogens is 1. The highest BCUT2D eigenvalue weighted by molar-refractivity contribution is 5.97. The molecule has 1 aliphatic heterocycles. The number of aryl methyl sites for hydroxylation is 1. The first kappa shape index (κ1) is 16.3. The highest BCUT2D eigenvalue weighted by Crippen LogP contribution is 2.18. The Balaban J connectivity index is 1.63. The van der Waals surface area contributed by atoms with Crippen molar-refractivity contribution in [1.29, 1.82) is 0 Å². The second-order valence-corrected chi connectivity index (χ2v) is 6.34. The average Bonchev–Trinajstić information content (AvgIpc) is 3.08. The average molecular weight is 349 g/mol. The molecule has 1 aromatic carbocycles. The molecule has 0 fully saturated rings. The fraction of sp³-hybridized carbons (Fsp3) is 0.263. The maximum Gasteiger partial charge on any atom is 0.256 e. The van der Waals surface area contributed by atoms with Gasteiger partial charge in [-0.25, -0.2) is 9.67 Å². The number of amides is 1. The molecule has 0 aliphatic carbocycles. The van der Waals surface area contributed by atoms with Crippen molar-refractivity contribution in [2.24, 2.45) is 0 Å². The van der Waals surface area contributed by atoms with Crippen molar-refractivity contribution in [1.82, 2.24) is 24.6 Å². The number of para-hydroxylation sites is 1. The largest absolute Gasteiger partial charge is 0.338 e. The van der Waals surface area contributed by atoms with E-state index in [1.165, 1.54) is 0 Å². The number of aromatic nitrogens is 4. The van der Waals surface area contributed by atoms with E-state index in [0.717, 1.165) is 11.4 Å². The van der Waals surface area contributed by atoms with Crippen molar-refractivity contribution in [2.75, 3.05) is 13.1 Å². The molecule has 0 spiro atoms. The number of aromatic amines is 1. The highest BCUT2D eigenvalue weighted by atomic mass is 16.2. The van der Waals surface area contributed by atoms with E-state index < -0.39 is 0 Å². The van der Waals surface area contributed by atoms with Crippen molar-refractivity contribution < 1.29 is 4.79 Å². The summed E-state index contributed by atoms with van der Waals surface area (Å²) in [7, 11) is 0. The Bertz CT molecular complexity index is 1010. The molecule has 3 aromatic rings. The summed E-state index contributed by atoms with van der Waals surface area (Å²) in [6.07, 6.45) is 4.59. The Kier molecular flexibility index (Phi) is 4.12. The maximum atomic E-state index is 13.1. The van der Waals surface area contributed by atoms with Gasteiger partial charge in [-0.2, -0.15) is 5.10 Å². The third-order valence-corrected chi connectivity index (χ3v) is 4.64. The molecular formula is C19H19N5O2. The molecule has 1 amide bonds. The van der Waals surface area contributed by atoms with Crippen LogP contribution in [-0.4, -0.2) is 43.6 Å². The van der Waals surface area contributed by atoms with E-state index in [0.29, 0.717) is 42.9 Å². The molecule has 0 bridgehead atoms. The highest BCUT2D eigenvalue weighted by Gasteiger charge is 2.24. The molecule has 1 aliphatic rings. The zero-order valence-corrected chi connectivity index (χ0v) is 14.5. The number of carbonyl (C=O) groups is 1. The van der Waals surface area contributed by atoms with Gasteiger partial charge in [-0.15, -0.1) is 0 Å². The fourth-order valence-corrected chi connectivity index (χ4v) is 3.37. The van der Waals surface area contributed by atoms with Crippen LogP contribution in [-0.2, 0) is 12.8 Å². The first-order valence-electron chi connectivity index (χ1n) is 8.60. The topological polar surface area (TPSA) is 83.9 Å². The first-order chi connectivity index (χ1) is 12.6. The lowest BCUT2D eigenvalue weighted by Crippen LogP contribution is -2.34. The minimum Gasteiger partial charge on any atom is -0.338 e. The van der Waals surface area contributed by atoms with Gasteiger partial charge in [0.05, 0.1) is 16.9 Å². The number of carbonyl (C=O) groups excluding carboxylic acids is 1. The van der Waals surface area contributed by atoms with E-state index >= 15 is 0 Å². The predicted octanol–water partition coefficient (Wildman–Crippen LogP) is 1.51. The summed E-state index contributed by atoms with van der Waals surface area (Å²) < 4.78 is 1.69. The number of fused-ring (bicyclic) bond motifs is 1. The molecule has 0 unspecified atom stereocenters. The van der Waals surface area contributed by atoms with Gasteiger partial charge in [-0.1, -0.05) is 12.1 Å². The normalized spacial score (nSPS) is 14.0. The molecule has 2 aromatic heterocycles. The molecule has 1 N–H and O–H groups in total. The number of hydrogen-bond acceptors (Lipinski definition) is 4. The van der Waals surface area contributed by atoms with E-state index in [1.807, 2.05) is 36.5 Å². The molecule has 3 heterocycles. The van der Waals surface area contributed by atoms with Crippen LogP contribution < -0.4 is 5.56 Å². The van der Waals surface area contributed by atoms with E-state index in [1.54, 1.807) is 22.7 Å². The molecule has 7 nitrogen and oxygen atoms in total. The van der Waals surface area contributed by atoms with Crippen molar-refractivity contribution in [3.05, 3.63) is 75.7 Å². The van der Waals surface area contributed by atoms with E-state index in [9.17, 15) is 9.59 Å². The van der Waals surface area contributed by atoms with Gasteiger partial charge in [0.1, 0.15) is 5.82 Å². The van der Waals surface area contributed by atoms with Crippen LogP contribution in [0.2, 0.25) is 0 Å². The zero-order chi connectivity index (χ0) is 18.1. The van der Waals surface area contributed by atoms with Gasteiger partial charge in [0.25, 0.3) is 11.5 Å². The molecular weight excluding hydrogens is 330 g/mol. The second kappa shape index (κ2) is 6.59. The monoisotopic (exact) mass is 349 g/mol. The van der Waals surface area contributed by atoms with E-state index in [2.05, 4.69) is 15.1 Å². The third kappa shape index (κ3) is 2.92. The number of benzene rings is 1. The fourth-order valence-electron chi connectivity index (χ4n) is 3.37. The SMILES string of the molecule is Cc1nc2c(c(=O)[nH]1)CCN(C(=O)c1ccccc1-n1cccn1)CC2. The Morgan fingerprint density at radius 2 is 1.96 bits per heavy atom. The minimum atomic E-state index is -0.0984. The molecule has 0 saturated carbocycles. The Morgan fingerprint density at radius 1 is 1.15 bits per heavy atom. The zero-order valence-electron chi connectivity index (χ0n) is 14.5. The number of nitrogens with zero attached hydrogens (tertiary/aromatic N) is 4. The molecule has 4 rings (SSSR count). The Labute approximate surface area is 150 Å². The minimum absolute atomic E-state index is 0.0583. The molecule has 132 valence electrons. The van der Waals surface area contributed by atoms with Crippen LogP contribution in [0.25, 0.3) is 5.69 Å². The van der Waals surface area contributed by atoms with Gasteiger partial charge in [-0.3, -0.25) is 9.59 Å². The summed E-state index contributed by atoms with van der Waals surface area (Å²) in [5, 5.41) is 4.24. The van der Waals surface area contributed by atoms with Gasteiger partial charge in [-0.05, 0) is 31.5 Å². The van der Waals surface area contributed by atoms with Crippen LogP contribution in [0.1, 0.15) is 27.4 Å². The lowest BCUT2D eigenvalue weighted by molar-refractivity contribution is 0.0762. The van der Waals surface area contributed by atoms with Gasteiger partial charge in [0.15, 0.2) is 0 Å². The van der Waals surface area contributed by atoms with Crippen molar-refractivity contribution in [3.8, 4) is 5.69 Å². The van der Waals surface area contributed by atoms with Gasteiger partial charge < -0.3 is 9.88 Å². The Hall–Kier alpha value is -3.22. The lowest BCUT2D eigenvalue weighted by Gasteiger charge is -2.21. The van der Waals surface area contributed by atoms with Crippen LogP contribution in [0.3, 0.4) is 0 Å².